The van der Waals surface area contributed by atoms with Gasteiger partial charge in [0.2, 0.25) is 0 Å². The third kappa shape index (κ3) is 3.68. The number of aromatic nitrogens is 5. The van der Waals surface area contributed by atoms with Crippen LogP contribution in [0.3, 0.4) is 0 Å². The number of tetrazole rings is 1. The van der Waals surface area contributed by atoms with Gasteiger partial charge in [-0.2, -0.15) is 9.36 Å². The van der Waals surface area contributed by atoms with Crippen LogP contribution in [0.2, 0.25) is 0 Å². The summed E-state index contributed by atoms with van der Waals surface area (Å²) >= 11 is 1.36. The second kappa shape index (κ2) is 7.59. The number of hydrogen-bond acceptors (Lipinski definition) is 5. The monoisotopic (exact) mass is 411 g/mol. The lowest BCUT2D eigenvalue weighted by molar-refractivity contribution is 0.0965. The molecule has 7 nitrogen and oxygen atoms in total. The Labute approximate surface area is 169 Å². The van der Waals surface area contributed by atoms with Gasteiger partial charge in [-0.1, -0.05) is 12.1 Å². The maximum Gasteiger partial charge on any atom is 0.369 e. The first-order valence-electron chi connectivity index (χ1n) is 8.95. The molecule has 0 aliphatic carbocycles. The molecule has 0 bridgehead atoms. The van der Waals surface area contributed by atoms with Gasteiger partial charge in [0, 0.05) is 23.5 Å². The molecule has 1 aromatic carbocycles. The number of nitrogens with zero attached hydrogens (tertiary/aromatic N) is 5. The molecule has 4 rings (SSSR count). The van der Waals surface area contributed by atoms with E-state index in [1.165, 1.54) is 28.2 Å². The maximum absolute atomic E-state index is 13.1. The first-order valence-corrected chi connectivity index (χ1v) is 9.83. The molecule has 0 aliphatic rings. The summed E-state index contributed by atoms with van der Waals surface area (Å²) in [6.45, 7) is 4.10. The summed E-state index contributed by atoms with van der Waals surface area (Å²) in [6.07, 6.45) is 0. The van der Waals surface area contributed by atoms with E-state index in [1.54, 1.807) is 24.3 Å². The van der Waals surface area contributed by atoms with Crippen LogP contribution >= 0.6 is 11.3 Å². The standard InChI is InChI=1S/C20H18FN5O2S/c1-13-10-17(14(2)24(13)11-15-5-7-16(21)8-6-15)18(27)12-25-20(28)26(23-22-25)19-4-3-9-29-19/h3-10H,11-12H2,1-2H3. The molecule has 3 aromatic heterocycles. The molecule has 0 unspecified atom stereocenters. The Kier molecular flexibility index (Phi) is 4.98. The Morgan fingerprint density at radius 3 is 2.59 bits per heavy atom. The Morgan fingerprint density at radius 1 is 1.14 bits per heavy atom. The van der Waals surface area contributed by atoms with Crippen molar-refractivity contribution in [1.82, 2.24) is 24.4 Å². The van der Waals surface area contributed by atoms with Crippen LogP contribution in [0.15, 0.2) is 52.6 Å². The SMILES string of the molecule is Cc1cc(C(=O)Cn2nnn(-c3cccs3)c2=O)c(C)n1Cc1ccc(F)cc1. The van der Waals surface area contributed by atoms with Crippen LogP contribution in [0.25, 0.3) is 5.00 Å². The van der Waals surface area contributed by atoms with E-state index < -0.39 is 5.69 Å². The number of carbonyl (C=O) groups is 1. The number of aryl methyl sites for hydroxylation is 1. The molecule has 0 N–H and O–H groups in total. The van der Waals surface area contributed by atoms with Gasteiger partial charge in [-0.3, -0.25) is 4.79 Å². The maximum atomic E-state index is 13.1. The van der Waals surface area contributed by atoms with Crippen molar-refractivity contribution in [2.75, 3.05) is 0 Å². The molecule has 0 radical (unpaired) electrons. The minimum Gasteiger partial charge on any atom is -0.344 e. The van der Waals surface area contributed by atoms with Crippen molar-refractivity contribution >= 4 is 17.1 Å². The molecule has 0 atom stereocenters. The lowest BCUT2D eigenvalue weighted by atomic mass is 10.1. The summed E-state index contributed by atoms with van der Waals surface area (Å²) in [6, 6.07) is 11.6. The zero-order chi connectivity index (χ0) is 20.5. The molecule has 0 amide bonds. The van der Waals surface area contributed by atoms with Gasteiger partial charge < -0.3 is 4.57 Å². The molecule has 4 aromatic rings. The number of benzene rings is 1. The van der Waals surface area contributed by atoms with Crippen molar-refractivity contribution in [1.29, 1.82) is 0 Å². The predicted molar refractivity (Wildman–Crippen MR) is 107 cm³/mol. The van der Waals surface area contributed by atoms with Gasteiger partial charge in [0.1, 0.15) is 17.4 Å². The van der Waals surface area contributed by atoms with Crippen molar-refractivity contribution in [3.63, 3.8) is 0 Å². The van der Waals surface area contributed by atoms with E-state index in [9.17, 15) is 14.0 Å². The zero-order valence-electron chi connectivity index (χ0n) is 15.9. The van der Waals surface area contributed by atoms with Gasteiger partial charge in [0.15, 0.2) is 5.78 Å². The second-order valence-electron chi connectivity index (χ2n) is 6.70. The number of halogens is 1. The average molecular weight is 411 g/mol. The summed E-state index contributed by atoms with van der Waals surface area (Å²) < 4.78 is 17.4. The minimum atomic E-state index is -0.457. The highest BCUT2D eigenvalue weighted by Crippen LogP contribution is 2.18. The smallest absolute Gasteiger partial charge is 0.344 e. The fourth-order valence-electron chi connectivity index (χ4n) is 3.22. The Morgan fingerprint density at radius 2 is 1.90 bits per heavy atom. The fraction of sp³-hybridized carbons (Fsp3) is 0.200. The number of rotatable bonds is 6. The third-order valence-electron chi connectivity index (χ3n) is 4.78. The van der Waals surface area contributed by atoms with Crippen molar-refractivity contribution in [2.24, 2.45) is 0 Å². The van der Waals surface area contributed by atoms with E-state index in [1.807, 2.05) is 29.9 Å². The third-order valence-corrected chi connectivity index (χ3v) is 5.62. The second-order valence-corrected chi connectivity index (χ2v) is 7.63. The highest BCUT2D eigenvalue weighted by Gasteiger charge is 2.19. The molecular formula is C20H18FN5O2S. The van der Waals surface area contributed by atoms with Gasteiger partial charge in [0.25, 0.3) is 0 Å². The van der Waals surface area contributed by atoms with Gasteiger partial charge >= 0.3 is 5.69 Å². The number of carbonyl (C=O) groups excluding carboxylic acids is 1. The molecule has 0 aliphatic heterocycles. The van der Waals surface area contributed by atoms with Crippen LogP contribution in [-0.4, -0.2) is 30.1 Å². The lowest BCUT2D eigenvalue weighted by Gasteiger charge is -2.10. The van der Waals surface area contributed by atoms with E-state index in [-0.39, 0.29) is 18.1 Å². The number of ketones is 1. The van der Waals surface area contributed by atoms with Crippen LogP contribution in [0.4, 0.5) is 4.39 Å². The Hall–Kier alpha value is -3.33. The average Bonchev–Trinajstić information content (AvgIpc) is 3.41. The molecule has 148 valence electrons. The zero-order valence-corrected chi connectivity index (χ0v) is 16.7. The van der Waals surface area contributed by atoms with Crippen LogP contribution in [0.5, 0.6) is 0 Å². The van der Waals surface area contributed by atoms with Crippen LogP contribution < -0.4 is 5.69 Å². The van der Waals surface area contributed by atoms with E-state index in [0.717, 1.165) is 21.6 Å². The quantitative estimate of drug-likeness (QED) is 0.457. The summed E-state index contributed by atoms with van der Waals surface area (Å²) in [7, 11) is 0. The summed E-state index contributed by atoms with van der Waals surface area (Å²) in [5.41, 5.74) is 2.70. The van der Waals surface area contributed by atoms with Gasteiger partial charge in [-0.05, 0) is 65.5 Å². The molecular weight excluding hydrogens is 393 g/mol. The molecule has 0 saturated carbocycles. The highest BCUT2D eigenvalue weighted by molar-refractivity contribution is 7.12. The number of hydrogen-bond donors (Lipinski definition) is 0. The molecule has 29 heavy (non-hydrogen) atoms. The van der Waals surface area contributed by atoms with Gasteiger partial charge in [0.05, 0.1) is 0 Å². The summed E-state index contributed by atoms with van der Waals surface area (Å²) in [4.78, 5) is 25.3. The van der Waals surface area contributed by atoms with E-state index >= 15 is 0 Å². The van der Waals surface area contributed by atoms with Gasteiger partial charge in [-0.15, -0.1) is 11.3 Å². The molecule has 0 saturated heterocycles. The minimum absolute atomic E-state index is 0.189. The van der Waals surface area contributed by atoms with Crippen LogP contribution in [0, 0.1) is 19.7 Å². The molecule has 0 fully saturated rings. The van der Waals surface area contributed by atoms with Crippen LogP contribution in [0.1, 0.15) is 27.3 Å². The molecule has 0 spiro atoms. The largest absolute Gasteiger partial charge is 0.369 e. The van der Waals surface area contributed by atoms with Crippen molar-refractivity contribution in [3.05, 3.63) is 86.7 Å². The van der Waals surface area contributed by atoms with Crippen molar-refractivity contribution in [2.45, 2.75) is 26.9 Å². The highest BCUT2D eigenvalue weighted by atomic mass is 32.1. The van der Waals surface area contributed by atoms with E-state index in [0.29, 0.717) is 17.1 Å². The van der Waals surface area contributed by atoms with Gasteiger partial charge in [-0.25, -0.2) is 9.18 Å². The van der Waals surface area contributed by atoms with Crippen molar-refractivity contribution < 1.29 is 9.18 Å². The number of thiophene rings is 1. The normalized spacial score (nSPS) is 11.1. The fourth-order valence-corrected chi connectivity index (χ4v) is 3.89. The first kappa shape index (κ1) is 19.0. The topological polar surface area (TPSA) is 74.7 Å². The Bertz CT molecular complexity index is 1220. The van der Waals surface area contributed by atoms with Crippen LogP contribution in [-0.2, 0) is 13.1 Å². The first-order chi connectivity index (χ1) is 13.9. The van der Waals surface area contributed by atoms with Crippen molar-refractivity contribution in [3.8, 4) is 5.00 Å². The molecule has 3 heterocycles. The summed E-state index contributed by atoms with van der Waals surface area (Å²) in [5, 5.41) is 10.2. The van der Waals surface area contributed by atoms with E-state index in [4.69, 9.17) is 0 Å². The summed E-state index contributed by atoms with van der Waals surface area (Å²) in [5.74, 6) is -0.504. The number of Topliss-reactive ketones (excluding diaryl/α,β-unsaturated/α-hetero) is 1. The Balaban J connectivity index is 1.57. The lowest BCUT2D eigenvalue weighted by Crippen LogP contribution is -2.27. The molecule has 9 heteroatoms. The predicted octanol–water partition coefficient (Wildman–Crippen LogP) is 2.98. The van der Waals surface area contributed by atoms with E-state index in [2.05, 4.69) is 10.4 Å².